The van der Waals surface area contributed by atoms with Crippen LogP contribution in [0, 0.1) is 11.8 Å². The molecule has 2 unspecified atom stereocenters. The molecule has 2 rings (SSSR count). The maximum absolute atomic E-state index is 10.9. The maximum Gasteiger partial charge on any atom is 0.124 e. The van der Waals surface area contributed by atoms with E-state index in [-0.39, 0.29) is 18.4 Å². The molecule has 1 aliphatic rings. The molecule has 1 N–H and O–H groups in total. The molecule has 1 fully saturated rings. The van der Waals surface area contributed by atoms with Crippen molar-refractivity contribution >= 4 is 6.29 Å². The number of benzene rings is 1. The average molecular weight is 233 g/mol. The fourth-order valence-corrected chi connectivity index (χ4v) is 2.55. The highest BCUT2D eigenvalue weighted by atomic mass is 16.3. The number of nitrogens with zero attached hydrogens (tertiary/aromatic N) is 1. The van der Waals surface area contributed by atoms with Crippen LogP contribution in [0.25, 0.3) is 0 Å². The largest absolute Gasteiger partial charge is 0.396 e. The Balaban J connectivity index is 1.98. The van der Waals surface area contributed by atoms with Crippen LogP contribution in [0.2, 0.25) is 0 Å². The minimum atomic E-state index is 0.0737. The number of rotatable bonds is 4. The van der Waals surface area contributed by atoms with E-state index in [1.807, 2.05) is 18.2 Å². The Hall–Kier alpha value is -1.19. The van der Waals surface area contributed by atoms with E-state index in [4.69, 9.17) is 0 Å². The summed E-state index contributed by atoms with van der Waals surface area (Å²) >= 11 is 0. The van der Waals surface area contributed by atoms with Crippen molar-refractivity contribution in [3.63, 3.8) is 0 Å². The van der Waals surface area contributed by atoms with Gasteiger partial charge in [-0.3, -0.25) is 4.90 Å². The Morgan fingerprint density at radius 3 is 2.71 bits per heavy atom. The summed E-state index contributed by atoms with van der Waals surface area (Å²) in [5.41, 5.74) is 1.26. The molecule has 0 saturated carbocycles. The van der Waals surface area contributed by atoms with Gasteiger partial charge in [-0.05, 0) is 17.9 Å². The quantitative estimate of drug-likeness (QED) is 0.797. The standard InChI is InChI=1S/C14H19NO2/c16-10-13-6-14(11-17)9-15(8-13)7-12-4-2-1-3-5-12/h1-5,10,13-14,17H,6-9,11H2. The first kappa shape index (κ1) is 12.3. The zero-order chi connectivity index (χ0) is 12.1. The molecule has 1 aromatic rings. The van der Waals surface area contributed by atoms with Crippen LogP contribution >= 0.6 is 0 Å². The van der Waals surface area contributed by atoms with Crippen molar-refractivity contribution in [2.75, 3.05) is 19.7 Å². The van der Waals surface area contributed by atoms with Gasteiger partial charge in [-0.15, -0.1) is 0 Å². The van der Waals surface area contributed by atoms with Crippen LogP contribution in [0.3, 0.4) is 0 Å². The highest BCUT2D eigenvalue weighted by molar-refractivity contribution is 5.54. The van der Waals surface area contributed by atoms with Gasteiger partial charge in [0.25, 0.3) is 0 Å². The van der Waals surface area contributed by atoms with Crippen LogP contribution in [-0.4, -0.2) is 36.0 Å². The van der Waals surface area contributed by atoms with Crippen LogP contribution in [0.5, 0.6) is 0 Å². The molecule has 3 nitrogen and oxygen atoms in total. The Bertz CT molecular complexity index is 352. The number of carbonyl (C=O) groups excluding carboxylic acids is 1. The summed E-state index contributed by atoms with van der Waals surface area (Å²) in [6.45, 7) is 2.74. The molecule has 0 aromatic heterocycles. The minimum Gasteiger partial charge on any atom is -0.396 e. The fraction of sp³-hybridized carbons (Fsp3) is 0.500. The van der Waals surface area contributed by atoms with Crippen molar-refractivity contribution in [1.29, 1.82) is 0 Å². The summed E-state index contributed by atoms with van der Waals surface area (Å²) in [7, 11) is 0. The lowest BCUT2D eigenvalue weighted by Gasteiger charge is -2.35. The lowest BCUT2D eigenvalue weighted by atomic mass is 9.90. The third-order valence-electron chi connectivity index (χ3n) is 3.34. The predicted molar refractivity (Wildman–Crippen MR) is 66.5 cm³/mol. The van der Waals surface area contributed by atoms with Crippen molar-refractivity contribution < 1.29 is 9.90 Å². The van der Waals surface area contributed by atoms with Gasteiger partial charge >= 0.3 is 0 Å². The third kappa shape index (κ3) is 3.38. The van der Waals surface area contributed by atoms with E-state index in [9.17, 15) is 9.90 Å². The van der Waals surface area contributed by atoms with E-state index in [0.717, 1.165) is 32.3 Å². The molecule has 3 heteroatoms. The third-order valence-corrected chi connectivity index (χ3v) is 3.34. The monoisotopic (exact) mass is 233 g/mol. The second-order valence-corrected chi connectivity index (χ2v) is 4.86. The molecule has 17 heavy (non-hydrogen) atoms. The van der Waals surface area contributed by atoms with Crippen LogP contribution in [0.4, 0.5) is 0 Å². The summed E-state index contributed by atoms with van der Waals surface area (Å²) in [5, 5.41) is 9.25. The number of hydrogen-bond donors (Lipinski definition) is 1. The number of carbonyl (C=O) groups is 1. The molecule has 0 amide bonds. The molecule has 1 heterocycles. The fourth-order valence-electron chi connectivity index (χ4n) is 2.55. The second kappa shape index (κ2) is 5.94. The highest BCUT2D eigenvalue weighted by Gasteiger charge is 2.26. The van der Waals surface area contributed by atoms with Crippen LogP contribution in [0.15, 0.2) is 30.3 Å². The molecular formula is C14H19NO2. The van der Waals surface area contributed by atoms with Crippen LogP contribution < -0.4 is 0 Å². The number of piperidine rings is 1. The molecule has 1 aromatic carbocycles. The van der Waals surface area contributed by atoms with Crippen molar-refractivity contribution in [2.45, 2.75) is 13.0 Å². The summed E-state index contributed by atoms with van der Waals surface area (Å²) in [6, 6.07) is 10.3. The molecule has 1 aliphatic heterocycles. The smallest absolute Gasteiger partial charge is 0.124 e. The summed E-state index contributed by atoms with van der Waals surface area (Å²) < 4.78 is 0. The minimum absolute atomic E-state index is 0.0737. The molecular weight excluding hydrogens is 214 g/mol. The van der Waals surface area contributed by atoms with Crippen LogP contribution in [0.1, 0.15) is 12.0 Å². The van der Waals surface area contributed by atoms with Crippen molar-refractivity contribution in [2.24, 2.45) is 11.8 Å². The van der Waals surface area contributed by atoms with Crippen molar-refractivity contribution in [3.8, 4) is 0 Å². The average Bonchev–Trinajstić information content (AvgIpc) is 2.39. The molecule has 2 atom stereocenters. The van der Waals surface area contributed by atoms with E-state index < -0.39 is 0 Å². The first-order valence-electron chi connectivity index (χ1n) is 6.14. The van der Waals surface area contributed by atoms with E-state index in [2.05, 4.69) is 17.0 Å². The number of aliphatic hydroxyl groups is 1. The lowest BCUT2D eigenvalue weighted by molar-refractivity contribution is -0.113. The molecule has 0 spiro atoms. The van der Waals surface area contributed by atoms with Gasteiger partial charge in [0.1, 0.15) is 6.29 Å². The Kier molecular flexibility index (Phi) is 4.29. The van der Waals surface area contributed by atoms with Gasteiger partial charge < -0.3 is 9.90 Å². The normalized spacial score (nSPS) is 25.7. The lowest BCUT2D eigenvalue weighted by Crippen LogP contribution is -2.41. The van der Waals surface area contributed by atoms with E-state index in [1.54, 1.807) is 0 Å². The van der Waals surface area contributed by atoms with Gasteiger partial charge in [0, 0.05) is 32.2 Å². The predicted octanol–water partition coefficient (Wildman–Crippen LogP) is 1.32. The molecule has 1 saturated heterocycles. The number of aldehydes is 1. The molecule has 0 bridgehead atoms. The molecule has 92 valence electrons. The maximum atomic E-state index is 10.9. The number of aliphatic hydroxyl groups excluding tert-OH is 1. The number of likely N-dealkylation sites (tertiary alicyclic amines) is 1. The van der Waals surface area contributed by atoms with E-state index in [0.29, 0.717) is 0 Å². The first-order valence-corrected chi connectivity index (χ1v) is 6.14. The van der Waals surface area contributed by atoms with Crippen LogP contribution in [-0.2, 0) is 11.3 Å². The summed E-state index contributed by atoms with van der Waals surface area (Å²) in [6.07, 6.45) is 1.85. The first-order chi connectivity index (χ1) is 8.31. The summed E-state index contributed by atoms with van der Waals surface area (Å²) in [5.74, 6) is 0.312. The van der Waals surface area contributed by atoms with Gasteiger partial charge in [0.15, 0.2) is 0 Å². The van der Waals surface area contributed by atoms with E-state index in [1.165, 1.54) is 5.56 Å². The topological polar surface area (TPSA) is 40.5 Å². The van der Waals surface area contributed by atoms with Gasteiger partial charge in [-0.1, -0.05) is 30.3 Å². The van der Waals surface area contributed by atoms with Crippen molar-refractivity contribution in [3.05, 3.63) is 35.9 Å². The molecule has 0 radical (unpaired) electrons. The highest BCUT2D eigenvalue weighted by Crippen LogP contribution is 2.21. The zero-order valence-electron chi connectivity index (χ0n) is 9.96. The second-order valence-electron chi connectivity index (χ2n) is 4.86. The van der Waals surface area contributed by atoms with Gasteiger partial charge in [-0.25, -0.2) is 0 Å². The Morgan fingerprint density at radius 1 is 1.29 bits per heavy atom. The molecule has 0 aliphatic carbocycles. The van der Waals surface area contributed by atoms with Gasteiger partial charge in [0.05, 0.1) is 0 Å². The summed E-state index contributed by atoms with van der Waals surface area (Å²) in [4.78, 5) is 13.2. The van der Waals surface area contributed by atoms with Crippen molar-refractivity contribution in [1.82, 2.24) is 4.90 Å². The Labute approximate surface area is 102 Å². The van der Waals surface area contributed by atoms with Gasteiger partial charge in [-0.2, -0.15) is 0 Å². The zero-order valence-corrected chi connectivity index (χ0v) is 9.96. The Morgan fingerprint density at radius 2 is 2.06 bits per heavy atom. The van der Waals surface area contributed by atoms with Gasteiger partial charge in [0.2, 0.25) is 0 Å². The van der Waals surface area contributed by atoms with E-state index >= 15 is 0 Å². The number of hydrogen-bond acceptors (Lipinski definition) is 3. The SMILES string of the molecule is O=CC1CC(CO)CN(Cc2ccccc2)C1.